The zero-order valence-electron chi connectivity index (χ0n) is 3.32. The molecule has 0 bridgehead atoms. The zero-order valence-corrected chi connectivity index (χ0v) is 4.32. The zero-order chi connectivity index (χ0) is 4.41. The first-order chi connectivity index (χ1) is 2.89. The first-order valence-corrected chi connectivity index (χ1v) is 2.91. The molecule has 0 radical (unpaired) electrons. The van der Waals surface area contributed by atoms with Gasteiger partial charge in [-0.2, -0.15) is 0 Å². The predicted molar refractivity (Wildman–Crippen MR) is 25.5 cm³/mol. The van der Waals surface area contributed by atoms with Crippen molar-refractivity contribution in [3.8, 4) is 0 Å². The lowest BCUT2D eigenvalue weighted by atomic mass is 10.7. The lowest BCUT2D eigenvalue weighted by Crippen LogP contribution is -2.97. The first kappa shape index (κ1) is 4.47. The van der Waals surface area contributed by atoms with Crippen molar-refractivity contribution >= 4 is 8.88 Å². The number of quaternary nitrogens is 1. The van der Waals surface area contributed by atoms with Crippen LogP contribution in [0, 0.1) is 5.21 Å². The quantitative estimate of drug-likeness (QED) is 0.291. The lowest BCUT2D eigenvalue weighted by molar-refractivity contribution is -0.694. The summed E-state index contributed by atoms with van der Waals surface area (Å²) in [7, 11) is 0.394. The maximum atomic E-state index is 10.2. The molecule has 1 rings (SSSR count). The second-order valence-corrected chi connectivity index (χ2v) is 2.39. The Balaban J connectivity index is 2.18. The van der Waals surface area contributed by atoms with Gasteiger partial charge in [0.05, 0.1) is 13.1 Å². The lowest BCUT2D eigenvalue weighted by Gasteiger charge is -2.09. The van der Waals surface area contributed by atoms with E-state index in [1.54, 1.807) is 0 Å². The molecule has 36 valence electrons. The summed E-state index contributed by atoms with van der Waals surface area (Å²) >= 11 is 0. The number of hydroxylamine groups is 1. The molecule has 1 saturated heterocycles. The maximum Gasteiger partial charge on any atom is 0.166 e. The monoisotopic (exact) mass is 106 g/mol. The molecule has 0 aromatic carbocycles. The van der Waals surface area contributed by atoms with E-state index < -0.39 is 0 Å². The second kappa shape index (κ2) is 1.85. The van der Waals surface area contributed by atoms with Gasteiger partial charge in [0.2, 0.25) is 0 Å². The van der Waals surface area contributed by atoms with Crippen LogP contribution in [-0.2, 0) is 0 Å². The van der Waals surface area contributed by atoms with Gasteiger partial charge in [0, 0.05) is 0 Å². The minimum Gasteiger partial charge on any atom is -0.632 e. The fraction of sp³-hybridized carbons (Fsp3) is 1.00. The molecule has 2 unspecified atom stereocenters. The minimum absolute atomic E-state index is 0.370. The Morgan fingerprint density at radius 3 is 2.83 bits per heavy atom. The number of rotatable bonds is 0. The largest absolute Gasteiger partial charge is 0.632 e. The normalized spacial score (nSPS) is 38.5. The molecule has 1 fully saturated rings. The van der Waals surface area contributed by atoms with E-state index >= 15 is 0 Å². The predicted octanol–water partition coefficient (Wildman–Crippen LogP) is -1.52. The molecule has 0 saturated carbocycles. The van der Waals surface area contributed by atoms with Crippen molar-refractivity contribution in [2.24, 2.45) is 0 Å². The first-order valence-electron chi connectivity index (χ1n) is 1.91. The summed E-state index contributed by atoms with van der Waals surface area (Å²) < 4.78 is 0. The molecule has 1 aliphatic heterocycles. The summed E-state index contributed by atoms with van der Waals surface area (Å²) in [5.41, 5.74) is 0. The van der Waals surface area contributed by atoms with Crippen LogP contribution >= 0.6 is 8.88 Å². The minimum atomic E-state index is 0.370. The van der Waals surface area contributed by atoms with Crippen LogP contribution in [0.15, 0.2) is 0 Å². The van der Waals surface area contributed by atoms with Gasteiger partial charge < -0.3 is 10.0 Å². The maximum absolute atomic E-state index is 10.2. The van der Waals surface area contributed by atoms with Crippen molar-refractivity contribution in [3.63, 3.8) is 0 Å². The van der Waals surface area contributed by atoms with Gasteiger partial charge in [-0.1, -0.05) is 0 Å². The van der Waals surface area contributed by atoms with Gasteiger partial charge in [-0.3, -0.25) is 0 Å². The molecule has 0 spiro atoms. The molecule has 2 atom stereocenters. The summed E-state index contributed by atoms with van der Waals surface area (Å²) in [6.07, 6.45) is 0. The van der Waals surface area contributed by atoms with E-state index in [1.165, 1.54) is 0 Å². The molecule has 2 N–H and O–H groups in total. The fourth-order valence-corrected chi connectivity index (χ4v) is 1.10. The van der Waals surface area contributed by atoms with E-state index in [-0.39, 0.29) is 0 Å². The Labute approximate surface area is 38.2 Å². The average molecular weight is 106 g/mol. The summed E-state index contributed by atoms with van der Waals surface area (Å²) in [4.78, 5) is 0.370. The van der Waals surface area contributed by atoms with Gasteiger partial charge in [-0.05, 0) is 0 Å². The highest BCUT2D eigenvalue weighted by atomic mass is 31.1. The van der Waals surface area contributed by atoms with Crippen LogP contribution in [-0.4, -0.2) is 13.1 Å². The summed E-state index contributed by atoms with van der Waals surface area (Å²) in [6, 6.07) is 0. The van der Waals surface area contributed by atoms with E-state index in [1.807, 2.05) is 0 Å². The van der Waals surface area contributed by atoms with Crippen molar-refractivity contribution < 1.29 is 4.83 Å². The van der Waals surface area contributed by atoms with Crippen LogP contribution in [0.3, 0.4) is 0 Å². The Kier molecular flexibility index (Phi) is 1.37. The highest BCUT2D eigenvalue weighted by Gasteiger charge is 2.03. The van der Waals surface area contributed by atoms with Crippen LogP contribution in [0.1, 0.15) is 0 Å². The second-order valence-electron chi connectivity index (χ2n) is 1.22. The van der Waals surface area contributed by atoms with E-state index in [0.29, 0.717) is 13.7 Å². The van der Waals surface area contributed by atoms with Gasteiger partial charge in [-0.15, -0.1) is 0 Å². The van der Waals surface area contributed by atoms with E-state index in [2.05, 4.69) is 5.09 Å². The highest BCUT2D eigenvalue weighted by molar-refractivity contribution is 7.28. The number of nitrogens with one attached hydrogen (secondary N) is 2. The Bertz CT molecular complexity index is 44.8. The van der Waals surface area contributed by atoms with Crippen molar-refractivity contribution in [2.75, 3.05) is 13.1 Å². The standard InChI is InChI=1S/C2H7N2OP/c5-4-2-1-3-6-4/h3-4,6H,1-2H2. The van der Waals surface area contributed by atoms with Crippen LogP contribution in [0.5, 0.6) is 0 Å². The fourth-order valence-electron chi connectivity index (χ4n) is 0.400. The van der Waals surface area contributed by atoms with Gasteiger partial charge in [-0.25, -0.2) is 5.09 Å². The Morgan fingerprint density at radius 1 is 1.83 bits per heavy atom. The average Bonchev–Trinajstić information content (AvgIpc) is 1.86. The number of hydrogen-bond donors (Lipinski definition) is 2. The molecule has 3 nitrogen and oxygen atoms in total. The van der Waals surface area contributed by atoms with Gasteiger partial charge in [0.25, 0.3) is 0 Å². The Morgan fingerprint density at radius 2 is 2.67 bits per heavy atom. The molecule has 4 heteroatoms. The summed E-state index contributed by atoms with van der Waals surface area (Å²) in [5.74, 6) is 0. The molecule has 0 amide bonds. The van der Waals surface area contributed by atoms with Crippen molar-refractivity contribution in [1.82, 2.24) is 5.09 Å². The van der Waals surface area contributed by atoms with E-state index in [0.717, 1.165) is 13.1 Å². The molecular formula is C2H7N2OP. The van der Waals surface area contributed by atoms with Gasteiger partial charge in [0.1, 0.15) is 0 Å². The SMILES string of the molecule is [O-][NH+]1CCNP1. The summed E-state index contributed by atoms with van der Waals surface area (Å²) in [5, 5.41) is 13.1. The third-order valence-corrected chi connectivity index (χ3v) is 1.66. The number of hydrogen-bond acceptors (Lipinski definition) is 2. The van der Waals surface area contributed by atoms with E-state index in [4.69, 9.17) is 0 Å². The van der Waals surface area contributed by atoms with Crippen LogP contribution in [0.2, 0.25) is 0 Å². The third-order valence-electron chi connectivity index (χ3n) is 0.705. The van der Waals surface area contributed by atoms with Gasteiger partial charge >= 0.3 is 0 Å². The molecule has 0 aromatic heterocycles. The molecule has 1 aliphatic rings. The molecule has 6 heavy (non-hydrogen) atoms. The topological polar surface area (TPSA) is 39.5 Å². The smallest absolute Gasteiger partial charge is 0.166 e. The highest BCUT2D eigenvalue weighted by Crippen LogP contribution is 1.88. The van der Waals surface area contributed by atoms with E-state index in [9.17, 15) is 5.21 Å². The van der Waals surface area contributed by atoms with Crippen LogP contribution in [0.25, 0.3) is 0 Å². The van der Waals surface area contributed by atoms with Crippen molar-refractivity contribution in [3.05, 3.63) is 5.21 Å². The van der Waals surface area contributed by atoms with Crippen LogP contribution in [0.4, 0.5) is 0 Å². The molecular weight excluding hydrogens is 99.0 g/mol. The van der Waals surface area contributed by atoms with Crippen molar-refractivity contribution in [2.45, 2.75) is 0 Å². The van der Waals surface area contributed by atoms with Crippen LogP contribution < -0.4 is 9.92 Å². The molecule has 0 aliphatic carbocycles. The Hall–Kier alpha value is 0.310. The molecule has 0 aromatic rings. The molecule has 1 heterocycles. The summed E-state index contributed by atoms with van der Waals surface area (Å²) in [6.45, 7) is 1.65. The third kappa shape index (κ3) is 0.884. The van der Waals surface area contributed by atoms with Gasteiger partial charge in [0.15, 0.2) is 8.88 Å². The van der Waals surface area contributed by atoms with Crippen molar-refractivity contribution in [1.29, 1.82) is 0 Å².